The van der Waals surface area contributed by atoms with Crippen LogP contribution in [-0.4, -0.2) is 36.9 Å². The zero-order valence-electron chi connectivity index (χ0n) is 13.7. The van der Waals surface area contributed by atoms with Gasteiger partial charge < -0.3 is 14.4 Å². The molecule has 0 amide bonds. The minimum atomic E-state index is -2.78. The smallest absolute Gasteiger partial charge is 0.345 e. The minimum Gasteiger partial charge on any atom is -0.472 e. The van der Waals surface area contributed by atoms with E-state index in [4.69, 9.17) is 16.3 Å². The molecule has 1 fully saturated rings. The highest BCUT2D eigenvalue weighted by Gasteiger charge is 2.34. The number of benzene rings is 1. The number of alkyl halides is 2. The third-order valence-electron chi connectivity index (χ3n) is 4.14. The molecule has 134 valence electrons. The van der Waals surface area contributed by atoms with Crippen molar-refractivity contribution in [1.29, 1.82) is 0 Å². The molecule has 2 aromatic rings. The van der Waals surface area contributed by atoms with Gasteiger partial charge in [-0.15, -0.1) is 0 Å². The van der Waals surface area contributed by atoms with Crippen LogP contribution in [0.1, 0.15) is 12.0 Å². The number of rotatable bonds is 6. The van der Waals surface area contributed by atoms with Crippen molar-refractivity contribution < 1.29 is 18.3 Å². The largest absolute Gasteiger partial charge is 0.472 e. The second kappa shape index (κ2) is 7.97. The molecular formula is C18H19ClF2N2O2. The van der Waals surface area contributed by atoms with Crippen molar-refractivity contribution in [2.24, 2.45) is 0 Å². The number of aromatic nitrogens is 1. The van der Waals surface area contributed by atoms with Crippen molar-refractivity contribution in [2.45, 2.75) is 32.1 Å². The Labute approximate surface area is 150 Å². The molecule has 0 aliphatic carbocycles. The van der Waals surface area contributed by atoms with Gasteiger partial charge in [-0.3, -0.25) is 0 Å². The van der Waals surface area contributed by atoms with E-state index in [-0.39, 0.29) is 18.8 Å². The van der Waals surface area contributed by atoms with Gasteiger partial charge in [-0.2, -0.15) is 8.78 Å². The standard InChI is InChI=1S/C18H19ClF2N2O2/c1-12-2-5-14(6-3-12)23-10-16(8-15(23)11-24-18(20)21)25-17-7-4-13(19)9-22-17/h2-7,9,15-16,18H,8,10-11H2,1H3/t15-,16-/m0/s1. The number of halogens is 3. The highest BCUT2D eigenvalue weighted by Crippen LogP contribution is 2.29. The van der Waals surface area contributed by atoms with Gasteiger partial charge in [0.05, 0.1) is 24.2 Å². The van der Waals surface area contributed by atoms with Crippen LogP contribution < -0.4 is 9.64 Å². The second-order valence-corrected chi connectivity index (χ2v) is 6.46. The Hall–Kier alpha value is -1.92. The van der Waals surface area contributed by atoms with E-state index in [0.29, 0.717) is 23.9 Å². The van der Waals surface area contributed by atoms with Crippen LogP contribution >= 0.6 is 11.6 Å². The number of pyridine rings is 1. The summed E-state index contributed by atoms with van der Waals surface area (Å²) in [6, 6.07) is 11.2. The van der Waals surface area contributed by atoms with E-state index in [9.17, 15) is 8.78 Å². The van der Waals surface area contributed by atoms with Crippen LogP contribution in [0, 0.1) is 6.92 Å². The lowest BCUT2D eigenvalue weighted by atomic mass is 10.2. The molecule has 4 nitrogen and oxygen atoms in total. The van der Waals surface area contributed by atoms with Crippen molar-refractivity contribution in [1.82, 2.24) is 4.98 Å². The third kappa shape index (κ3) is 4.80. The maximum absolute atomic E-state index is 12.5. The van der Waals surface area contributed by atoms with Gasteiger partial charge in [-0.1, -0.05) is 29.3 Å². The molecule has 1 aliphatic heterocycles. The van der Waals surface area contributed by atoms with Crippen LogP contribution in [0.25, 0.3) is 0 Å². The van der Waals surface area contributed by atoms with Crippen molar-refractivity contribution >= 4 is 17.3 Å². The van der Waals surface area contributed by atoms with Gasteiger partial charge in [0.1, 0.15) is 6.10 Å². The Morgan fingerprint density at radius 1 is 1.24 bits per heavy atom. The molecule has 1 aliphatic rings. The van der Waals surface area contributed by atoms with Gasteiger partial charge in [0.2, 0.25) is 5.88 Å². The van der Waals surface area contributed by atoms with Gasteiger partial charge in [0, 0.05) is 24.4 Å². The average Bonchev–Trinajstić information content (AvgIpc) is 2.98. The molecule has 1 aromatic heterocycles. The topological polar surface area (TPSA) is 34.6 Å². The first kappa shape index (κ1) is 17.9. The third-order valence-corrected chi connectivity index (χ3v) is 4.37. The first-order chi connectivity index (χ1) is 12.0. The lowest BCUT2D eigenvalue weighted by molar-refractivity contribution is -0.131. The molecule has 0 unspecified atom stereocenters. The molecular weight excluding hydrogens is 350 g/mol. The minimum absolute atomic E-state index is 0.0561. The Kier molecular flexibility index (Phi) is 5.71. The number of aryl methyl sites for hydroxylation is 1. The maximum atomic E-state index is 12.5. The van der Waals surface area contributed by atoms with Crippen molar-refractivity contribution in [2.75, 3.05) is 18.1 Å². The van der Waals surface area contributed by atoms with Crippen molar-refractivity contribution in [3.05, 3.63) is 53.2 Å². The molecule has 3 rings (SSSR count). The monoisotopic (exact) mass is 368 g/mol. The molecule has 25 heavy (non-hydrogen) atoms. The number of anilines is 1. The first-order valence-corrected chi connectivity index (χ1v) is 8.40. The van der Waals surface area contributed by atoms with Gasteiger partial charge in [-0.25, -0.2) is 4.98 Å². The molecule has 0 N–H and O–H groups in total. The highest BCUT2D eigenvalue weighted by molar-refractivity contribution is 6.30. The number of ether oxygens (including phenoxy) is 2. The van der Waals surface area contributed by atoms with Crippen molar-refractivity contribution in [3.63, 3.8) is 0 Å². The van der Waals surface area contributed by atoms with E-state index in [1.807, 2.05) is 36.1 Å². The fourth-order valence-corrected chi connectivity index (χ4v) is 3.07. The van der Waals surface area contributed by atoms with Crippen LogP contribution in [0.5, 0.6) is 5.88 Å². The van der Waals surface area contributed by atoms with E-state index in [1.165, 1.54) is 6.20 Å². The number of hydrogen-bond donors (Lipinski definition) is 0. The van der Waals surface area contributed by atoms with Gasteiger partial charge in [-0.05, 0) is 25.1 Å². The molecule has 1 saturated heterocycles. The quantitative estimate of drug-likeness (QED) is 0.761. The summed E-state index contributed by atoms with van der Waals surface area (Å²) in [7, 11) is 0. The molecule has 0 radical (unpaired) electrons. The highest BCUT2D eigenvalue weighted by atomic mass is 35.5. The average molecular weight is 369 g/mol. The number of hydrogen-bond acceptors (Lipinski definition) is 4. The van der Waals surface area contributed by atoms with E-state index in [0.717, 1.165) is 11.3 Å². The Bertz CT molecular complexity index is 682. The summed E-state index contributed by atoms with van der Waals surface area (Å²) in [6.45, 7) is -0.259. The summed E-state index contributed by atoms with van der Waals surface area (Å²) in [6.07, 6.45) is 1.92. The van der Waals surface area contributed by atoms with Gasteiger partial charge in [0.25, 0.3) is 0 Å². The van der Waals surface area contributed by atoms with E-state index < -0.39 is 6.61 Å². The summed E-state index contributed by atoms with van der Waals surface area (Å²) in [5.74, 6) is 0.466. The van der Waals surface area contributed by atoms with E-state index in [1.54, 1.807) is 12.1 Å². The zero-order valence-corrected chi connectivity index (χ0v) is 14.5. The molecule has 0 spiro atoms. The Morgan fingerprint density at radius 3 is 2.64 bits per heavy atom. The van der Waals surface area contributed by atoms with Crippen molar-refractivity contribution in [3.8, 4) is 5.88 Å². The van der Waals surface area contributed by atoms with Crippen LogP contribution in [0.4, 0.5) is 14.5 Å². The van der Waals surface area contributed by atoms with Crippen LogP contribution in [0.2, 0.25) is 5.02 Å². The first-order valence-electron chi connectivity index (χ1n) is 8.02. The Balaban J connectivity index is 1.72. The molecule has 7 heteroatoms. The summed E-state index contributed by atoms with van der Waals surface area (Å²) in [5.41, 5.74) is 2.10. The van der Waals surface area contributed by atoms with Gasteiger partial charge >= 0.3 is 6.61 Å². The van der Waals surface area contributed by atoms with Crippen LogP contribution in [0.15, 0.2) is 42.6 Å². The number of nitrogens with zero attached hydrogens (tertiary/aromatic N) is 2. The summed E-state index contributed by atoms with van der Waals surface area (Å²) in [4.78, 5) is 6.17. The molecule has 0 bridgehead atoms. The normalized spacial score (nSPS) is 20.3. The van der Waals surface area contributed by atoms with Gasteiger partial charge in [0.15, 0.2) is 0 Å². The predicted octanol–water partition coefficient (Wildman–Crippen LogP) is 4.31. The lowest BCUT2D eigenvalue weighted by Gasteiger charge is -2.26. The fourth-order valence-electron chi connectivity index (χ4n) is 2.96. The molecule has 2 heterocycles. The maximum Gasteiger partial charge on any atom is 0.345 e. The van der Waals surface area contributed by atoms with E-state index in [2.05, 4.69) is 9.72 Å². The van der Waals surface area contributed by atoms with Crippen LogP contribution in [0.3, 0.4) is 0 Å². The zero-order chi connectivity index (χ0) is 17.8. The summed E-state index contributed by atoms with van der Waals surface area (Å²) in [5, 5.41) is 0.531. The van der Waals surface area contributed by atoms with Crippen LogP contribution in [-0.2, 0) is 4.74 Å². The summed E-state index contributed by atoms with van der Waals surface area (Å²) >= 11 is 5.82. The molecule has 2 atom stereocenters. The molecule has 1 aromatic carbocycles. The molecule has 0 saturated carbocycles. The predicted molar refractivity (Wildman–Crippen MR) is 92.5 cm³/mol. The lowest BCUT2D eigenvalue weighted by Crippen LogP contribution is -2.34. The van der Waals surface area contributed by atoms with E-state index >= 15 is 0 Å². The Morgan fingerprint density at radius 2 is 2.00 bits per heavy atom. The second-order valence-electron chi connectivity index (χ2n) is 6.03. The SMILES string of the molecule is Cc1ccc(N2C[C@@H](Oc3ccc(Cl)cn3)C[C@H]2COC(F)F)cc1. The summed E-state index contributed by atoms with van der Waals surface area (Å²) < 4.78 is 35.4. The fraction of sp³-hybridized carbons (Fsp3) is 0.389.